The first kappa shape index (κ1) is 24.7. The number of nitrogens with one attached hydrogen (secondary N) is 2. The van der Waals surface area contributed by atoms with Crippen LogP contribution in [0.1, 0.15) is 47.2 Å². The summed E-state index contributed by atoms with van der Waals surface area (Å²) < 4.78 is 5.68. The second-order valence-corrected chi connectivity index (χ2v) is 10.9. The van der Waals surface area contributed by atoms with Gasteiger partial charge < -0.3 is 25.2 Å². The number of amides is 3. The molecule has 1 aromatic carbocycles. The fourth-order valence-electron chi connectivity index (χ4n) is 5.05. The van der Waals surface area contributed by atoms with Crippen molar-refractivity contribution in [2.24, 2.45) is 0 Å². The van der Waals surface area contributed by atoms with Gasteiger partial charge >= 0.3 is 6.03 Å². The Kier molecular flexibility index (Phi) is 6.94. The van der Waals surface area contributed by atoms with Crippen molar-refractivity contribution in [3.63, 3.8) is 0 Å². The number of nitrogens with zero attached hydrogens (tertiary/aromatic N) is 5. The third kappa shape index (κ3) is 5.08. The van der Waals surface area contributed by atoms with E-state index in [1.807, 2.05) is 34.5 Å². The normalized spacial score (nSPS) is 19.4. The van der Waals surface area contributed by atoms with Crippen molar-refractivity contribution >= 4 is 34.8 Å². The molecule has 4 heterocycles. The molecule has 2 aromatic heterocycles. The number of anilines is 2. The van der Waals surface area contributed by atoms with Crippen LogP contribution >= 0.6 is 11.3 Å². The van der Waals surface area contributed by atoms with Crippen LogP contribution in [0.4, 0.5) is 16.3 Å². The van der Waals surface area contributed by atoms with E-state index in [4.69, 9.17) is 14.7 Å². The number of fused-ring (bicyclic) bond motifs is 1. The SMILES string of the molecule is CC1COCCN1c1nc(-c2ccc(NC(=O)NC3CCC3)cc2)nc2c1CN(C(=O)c1nccs1)CC2. The molecule has 0 radical (unpaired) electrons. The molecule has 2 N–H and O–H groups in total. The van der Waals surface area contributed by atoms with Gasteiger partial charge in [-0.2, -0.15) is 0 Å². The fraction of sp³-hybridized carbons (Fsp3) is 0.444. The van der Waals surface area contributed by atoms with Gasteiger partial charge in [-0.25, -0.2) is 19.7 Å². The minimum Gasteiger partial charge on any atom is -0.377 e. The molecule has 11 heteroatoms. The fourth-order valence-corrected chi connectivity index (χ4v) is 5.65. The van der Waals surface area contributed by atoms with Gasteiger partial charge in [-0.3, -0.25) is 4.79 Å². The number of hydrogen-bond acceptors (Lipinski definition) is 8. The van der Waals surface area contributed by atoms with Gasteiger partial charge in [0.25, 0.3) is 5.91 Å². The predicted molar refractivity (Wildman–Crippen MR) is 145 cm³/mol. The highest BCUT2D eigenvalue weighted by Gasteiger charge is 2.31. The van der Waals surface area contributed by atoms with E-state index in [0.29, 0.717) is 43.6 Å². The van der Waals surface area contributed by atoms with Gasteiger partial charge in [-0.1, -0.05) is 0 Å². The van der Waals surface area contributed by atoms with Crippen molar-refractivity contribution in [3.05, 3.63) is 52.1 Å². The molecule has 6 rings (SSSR count). The Hall–Kier alpha value is -3.57. The van der Waals surface area contributed by atoms with E-state index in [1.54, 1.807) is 6.20 Å². The van der Waals surface area contributed by atoms with Crippen LogP contribution in [0.2, 0.25) is 0 Å². The van der Waals surface area contributed by atoms with Gasteiger partial charge in [0.15, 0.2) is 10.8 Å². The molecule has 0 bridgehead atoms. The van der Waals surface area contributed by atoms with Crippen molar-refractivity contribution < 1.29 is 14.3 Å². The number of hydrogen-bond donors (Lipinski definition) is 2. The van der Waals surface area contributed by atoms with Crippen LogP contribution in [-0.4, -0.2) is 70.2 Å². The lowest BCUT2D eigenvalue weighted by Crippen LogP contribution is -2.46. The Morgan fingerprint density at radius 1 is 1.13 bits per heavy atom. The van der Waals surface area contributed by atoms with Gasteiger partial charge in [0.1, 0.15) is 5.82 Å². The van der Waals surface area contributed by atoms with Crippen LogP contribution < -0.4 is 15.5 Å². The number of urea groups is 1. The average Bonchev–Trinajstić information content (AvgIpc) is 3.45. The molecule has 2 fully saturated rings. The van der Waals surface area contributed by atoms with E-state index >= 15 is 0 Å². The number of carbonyl (C=O) groups is 2. The van der Waals surface area contributed by atoms with E-state index in [2.05, 4.69) is 27.4 Å². The summed E-state index contributed by atoms with van der Waals surface area (Å²) >= 11 is 1.36. The third-order valence-electron chi connectivity index (χ3n) is 7.42. The number of rotatable bonds is 5. The maximum atomic E-state index is 13.1. The van der Waals surface area contributed by atoms with E-state index in [-0.39, 0.29) is 24.0 Å². The highest BCUT2D eigenvalue weighted by molar-refractivity contribution is 7.11. The summed E-state index contributed by atoms with van der Waals surface area (Å²) in [6.07, 6.45) is 5.57. The van der Waals surface area contributed by atoms with E-state index in [0.717, 1.165) is 47.7 Å². The first-order valence-electron chi connectivity index (χ1n) is 13.2. The van der Waals surface area contributed by atoms with Crippen molar-refractivity contribution in [1.29, 1.82) is 0 Å². The zero-order valence-corrected chi connectivity index (χ0v) is 22.2. The molecular weight excluding hydrogens is 502 g/mol. The smallest absolute Gasteiger partial charge is 0.319 e. The number of thiazole rings is 1. The largest absolute Gasteiger partial charge is 0.377 e. The summed E-state index contributed by atoms with van der Waals surface area (Å²) in [7, 11) is 0. The number of carbonyl (C=O) groups excluding carboxylic acids is 2. The Bertz CT molecular complexity index is 1310. The lowest BCUT2D eigenvalue weighted by molar-refractivity contribution is 0.0731. The summed E-state index contributed by atoms with van der Waals surface area (Å²) in [5, 5.41) is 8.23. The molecule has 3 aliphatic rings. The Morgan fingerprint density at radius 3 is 2.68 bits per heavy atom. The average molecular weight is 534 g/mol. The second-order valence-electron chi connectivity index (χ2n) is 10.0. The molecule has 38 heavy (non-hydrogen) atoms. The Balaban J connectivity index is 1.27. The Labute approximate surface area is 225 Å². The maximum absolute atomic E-state index is 13.1. The second kappa shape index (κ2) is 10.7. The topological polar surface area (TPSA) is 113 Å². The van der Waals surface area contributed by atoms with Gasteiger partial charge in [-0.15, -0.1) is 11.3 Å². The summed E-state index contributed by atoms with van der Waals surface area (Å²) in [6.45, 7) is 5.14. The molecule has 0 spiro atoms. The van der Waals surface area contributed by atoms with Crippen molar-refractivity contribution in [3.8, 4) is 11.4 Å². The van der Waals surface area contributed by atoms with Crippen LogP contribution in [-0.2, 0) is 17.7 Å². The predicted octanol–water partition coefficient (Wildman–Crippen LogP) is 3.70. The zero-order valence-electron chi connectivity index (χ0n) is 21.4. The molecule has 1 saturated heterocycles. The molecule has 1 atom stereocenters. The molecule has 1 saturated carbocycles. The zero-order chi connectivity index (χ0) is 26.1. The third-order valence-corrected chi connectivity index (χ3v) is 8.18. The number of morpholine rings is 1. The summed E-state index contributed by atoms with van der Waals surface area (Å²) in [4.78, 5) is 43.6. The van der Waals surface area contributed by atoms with Crippen molar-refractivity contribution in [1.82, 2.24) is 25.2 Å². The van der Waals surface area contributed by atoms with Gasteiger partial charge in [-0.05, 0) is 50.5 Å². The van der Waals surface area contributed by atoms with Gasteiger partial charge in [0.2, 0.25) is 0 Å². The maximum Gasteiger partial charge on any atom is 0.319 e. The molecule has 1 unspecified atom stereocenters. The van der Waals surface area contributed by atoms with Crippen molar-refractivity contribution in [2.45, 2.75) is 51.2 Å². The van der Waals surface area contributed by atoms with E-state index < -0.39 is 0 Å². The molecule has 10 nitrogen and oxygen atoms in total. The van der Waals surface area contributed by atoms with Gasteiger partial charge in [0, 0.05) is 53.9 Å². The quantitative estimate of drug-likeness (QED) is 0.514. The van der Waals surface area contributed by atoms with E-state index in [1.165, 1.54) is 17.8 Å². The highest BCUT2D eigenvalue weighted by Crippen LogP contribution is 2.32. The standard InChI is InChI=1S/C27H31N7O3S/c1-17-16-37-13-12-34(17)24-21-15-33(26(35)25-28-10-14-38-25)11-9-22(21)31-23(32-24)18-5-7-20(8-6-18)30-27(36)29-19-3-2-4-19/h5-8,10,14,17,19H,2-4,9,11-13,15-16H2,1H3,(H2,29,30,36). The summed E-state index contributed by atoms with van der Waals surface area (Å²) in [6, 6.07) is 7.90. The Morgan fingerprint density at radius 2 is 1.97 bits per heavy atom. The summed E-state index contributed by atoms with van der Waals surface area (Å²) in [5.41, 5.74) is 3.56. The minimum absolute atomic E-state index is 0.0554. The molecule has 1 aliphatic carbocycles. The number of ether oxygens (including phenoxy) is 1. The highest BCUT2D eigenvalue weighted by atomic mass is 32.1. The molecule has 198 valence electrons. The van der Waals surface area contributed by atoms with Crippen molar-refractivity contribution in [2.75, 3.05) is 36.5 Å². The monoisotopic (exact) mass is 533 g/mol. The number of aromatic nitrogens is 3. The first-order valence-corrected chi connectivity index (χ1v) is 14.0. The molecule has 2 aliphatic heterocycles. The molecule has 3 aromatic rings. The lowest BCUT2D eigenvalue weighted by Gasteiger charge is -2.38. The first-order chi connectivity index (χ1) is 18.5. The molecule has 3 amide bonds. The van der Waals surface area contributed by atoms with Crippen LogP contribution in [0.25, 0.3) is 11.4 Å². The molecular formula is C27H31N7O3S. The van der Waals surface area contributed by atoms with Gasteiger partial charge in [0.05, 0.1) is 31.5 Å². The van der Waals surface area contributed by atoms with Crippen LogP contribution in [0.15, 0.2) is 35.8 Å². The van der Waals surface area contributed by atoms with Crippen LogP contribution in [0.3, 0.4) is 0 Å². The number of benzene rings is 1. The summed E-state index contributed by atoms with van der Waals surface area (Å²) in [5.74, 6) is 1.45. The minimum atomic E-state index is -0.173. The van der Waals surface area contributed by atoms with Crippen LogP contribution in [0, 0.1) is 0 Å². The van der Waals surface area contributed by atoms with E-state index in [9.17, 15) is 9.59 Å². The van der Waals surface area contributed by atoms with Crippen LogP contribution in [0.5, 0.6) is 0 Å². The lowest BCUT2D eigenvalue weighted by atomic mass is 9.93.